The fourth-order valence-corrected chi connectivity index (χ4v) is 2.70. The van der Waals surface area contributed by atoms with E-state index in [-0.39, 0.29) is 16.7 Å². The standard InChI is InChI=1S/C12H21NO2/c1-11(2,3)10(15)13-9-4-5-12(7-14)6-8(9)12/h8-9,14H,4-7H2,1-3H3,(H,13,15). The Morgan fingerprint density at radius 1 is 1.53 bits per heavy atom. The Bertz CT molecular complexity index is 282. The molecule has 3 nitrogen and oxygen atoms in total. The van der Waals surface area contributed by atoms with Crippen LogP contribution in [0.2, 0.25) is 0 Å². The Kier molecular flexibility index (Phi) is 2.34. The molecule has 2 fully saturated rings. The Labute approximate surface area is 91.2 Å². The Balaban J connectivity index is 1.91. The van der Waals surface area contributed by atoms with Crippen LogP contribution in [0.15, 0.2) is 0 Å². The molecule has 2 saturated carbocycles. The molecule has 0 aromatic rings. The maximum absolute atomic E-state index is 11.8. The molecule has 86 valence electrons. The molecule has 0 spiro atoms. The topological polar surface area (TPSA) is 49.3 Å². The zero-order valence-corrected chi connectivity index (χ0v) is 9.84. The van der Waals surface area contributed by atoms with Gasteiger partial charge in [0, 0.05) is 18.1 Å². The quantitative estimate of drug-likeness (QED) is 0.723. The van der Waals surface area contributed by atoms with Gasteiger partial charge in [-0.1, -0.05) is 20.8 Å². The second kappa shape index (κ2) is 3.21. The van der Waals surface area contributed by atoms with Crippen LogP contribution in [0.4, 0.5) is 0 Å². The highest BCUT2D eigenvalue weighted by Gasteiger charge is 2.61. The molecule has 3 atom stereocenters. The first-order chi connectivity index (χ1) is 6.89. The van der Waals surface area contributed by atoms with E-state index in [2.05, 4.69) is 5.32 Å². The van der Waals surface area contributed by atoms with Gasteiger partial charge in [-0.2, -0.15) is 0 Å². The molecule has 0 saturated heterocycles. The summed E-state index contributed by atoms with van der Waals surface area (Å²) in [4.78, 5) is 11.8. The lowest BCUT2D eigenvalue weighted by Crippen LogP contribution is -2.41. The number of hydrogen-bond acceptors (Lipinski definition) is 2. The van der Waals surface area contributed by atoms with Crippen molar-refractivity contribution in [1.82, 2.24) is 5.32 Å². The molecule has 0 heterocycles. The molecule has 0 aliphatic heterocycles. The van der Waals surface area contributed by atoms with E-state index in [9.17, 15) is 9.90 Å². The summed E-state index contributed by atoms with van der Waals surface area (Å²) < 4.78 is 0. The minimum Gasteiger partial charge on any atom is -0.396 e. The van der Waals surface area contributed by atoms with Crippen molar-refractivity contribution in [1.29, 1.82) is 0 Å². The minimum absolute atomic E-state index is 0.133. The second-order valence-electron chi connectivity index (χ2n) is 6.20. The monoisotopic (exact) mass is 211 g/mol. The van der Waals surface area contributed by atoms with Crippen molar-refractivity contribution in [2.75, 3.05) is 6.61 Å². The highest BCUT2D eigenvalue weighted by Crippen LogP contribution is 2.63. The van der Waals surface area contributed by atoms with Crippen molar-refractivity contribution in [3.05, 3.63) is 0 Å². The van der Waals surface area contributed by atoms with Gasteiger partial charge < -0.3 is 10.4 Å². The molecule has 15 heavy (non-hydrogen) atoms. The van der Waals surface area contributed by atoms with Gasteiger partial charge in [0.05, 0.1) is 0 Å². The number of amides is 1. The molecule has 0 bridgehead atoms. The molecule has 2 N–H and O–H groups in total. The zero-order valence-electron chi connectivity index (χ0n) is 9.84. The van der Waals surface area contributed by atoms with E-state index >= 15 is 0 Å². The van der Waals surface area contributed by atoms with Crippen molar-refractivity contribution in [3.63, 3.8) is 0 Å². The summed E-state index contributed by atoms with van der Waals surface area (Å²) in [5.41, 5.74) is -0.130. The normalized spacial score (nSPS) is 38.7. The molecule has 3 unspecified atom stereocenters. The van der Waals surface area contributed by atoms with Gasteiger partial charge in [0.25, 0.3) is 0 Å². The lowest BCUT2D eigenvalue weighted by atomic mass is 9.95. The Morgan fingerprint density at radius 3 is 2.60 bits per heavy atom. The molecule has 0 radical (unpaired) electrons. The summed E-state index contributed by atoms with van der Waals surface area (Å²) in [5.74, 6) is 0.668. The maximum Gasteiger partial charge on any atom is 0.225 e. The van der Waals surface area contributed by atoms with Crippen LogP contribution in [0.5, 0.6) is 0 Å². The SMILES string of the molecule is CC(C)(C)C(=O)NC1CCC2(CO)CC12. The molecule has 2 aliphatic rings. The lowest BCUT2D eigenvalue weighted by Gasteiger charge is -2.22. The van der Waals surface area contributed by atoms with Crippen LogP contribution >= 0.6 is 0 Å². The van der Waals surface area contributed by atoms with Gasteiger partial charge in [-0.3, -0.25) is 4.79 Å². The Hall–Kier alpha value is -0.570. The molecule has 2 rings (SSSR count). The predicted octanol–water partition coefficient (Wildman–Crippen LogP) is 1.31. The number of fused-ring (bicyclic) bond motifs is 1. The lowest BCUT2D eigenvalue weighted by molar-refractivity contribution is -0.129. The fraction of sp³-hybridized carbons (Fsp3) is 0.917. The number of carbonyl (C=O) groups is 1. The van der Waals surface area contributed by atoms with E-state index in [0.29, 0.717) is 18.6 Å². The maximum atomic E-state index is 11.8. The predicted molar refractivity (Wildman–Crippen MR) is 58.2 cm³/mol. The van der Waals surface area contributed by atoms with Gasteiger partial charge in [-0.15, -0.1) is 0 Å². The summed E-state index contributed by atoms with van der Waals surface area (Å²) in [6.07, 6.45) is 3.20. The average molecular weight is 211 g/mol. The first-order valence-corrected chi connectivity index (χ1v) is 5.81. The smallest absolute Gasteiger partial charge is 0.225 e. The van der Waals surface area contributed by atoms with Gasteiger partial charge in [0.2, 0.25) is 5.91 Å². The van der Waals surface area contributed by atoms with Gasteiger partial charge in [0.1, 0.15) is 0 Å². The molecular weight excluding hydrogens is 190 g/mol. The number of hydrogen-bond donors (Lipinski definition) is 2. The summed E-state index contributed by atoms with van der Waals surface area (Å²) in [6, 6.07) is 0.309. The number of aliphatic hydroxyl groups excluding tert-OH is 1. The number of carbonyl (C=O) groups excluding carboxylic acids is 1. The van der Waals surface area contributed by atoms with Crippen molar-refractivity contribution in [2.24, 2.45) is 16.7 Å². The number of rotatable bonds is 2. The van der Waals surface area contributed by atoms with E-state index < -0.39 is 0 Å². The molecular formula is C12H21NO2. The van der Waals surface area contributed by atoms with Crippen LogP contribution in [0.1, 0.15) is 40.0 Å². The molecule has 3 heteroatoms. The van der Waals surface area contributed by atoms with Crippen molar-refractivity contribution in [3.8, 4) is 0 Å². The molecule has 2 aliphatic carbocycles. The van der Waals surface area contributed by atoms with Crippen LogP contribution in [-0.2, 0) is 4.79 Å². The zero-order chi connectivity index (χ0) is 11.3. The van der Waals surface area contributed by atoms with E-state index in [1.54, 1.807) is 0 Å². The van der Waals surface area contributed by atoms with Gasteiger partial charge in [-0.25, -0.2) is 0 Å². The van der Waals surface area contributed by atoms with Crippen LogP contribution in [0.3, 0.4) is 0 Å². The fourth-order valence-electron chi connectivity index (χ4n) is 2.70. The van der Waals surface area contributed by atoms with Crippen molar-refractivity contribution in [2.45, 2.75) is 46.1 Å². The third kappa shape index (κ3) is 1.78. The van der Waals surface area contributed by atoms with E-state index in [1.807, 2.05) is 20.8 Å². The van der Waals surface area contributed by atoms with Gasteiger partial charge >= 0.3 is 0 Å². The van der Waals surface area contributed by atoms with Gasteiger partial charge in [-0.05, 0) is 30.6 Å². The molecule has 1 amide bonds. The minimum atomic E-state index is -0.306. The average Bonchev–Trinajstić information content (AvgIpc) is 2.78. The van der Waals surface area contributed by atoms with E-state index in [4.69, 9.17) is 0 Å². The van der Waals surface area contributed by atoms with E-state index in [0.717, 1.165) is 19.3 Å². The third-order valence-electron chi connectivity index (χ3n) is 4.00. The summed E-state index contributed by atoms with van der Waals surface area (Å²) >= 11 is 0. The van der Waals surface area contributed by atoms with Crippen molar-refractivity contribution < 1.29 is 9.90 Å². The summed E-state index contributed by atoms with van der Waals surface area (Å²) in [6.45, 7) is 6.09. The first kappa shape index (κ1) is 10.9. The summed E-state index contributed by atoms with van der Waals surface area (Å²) in [5, 5.41) is 12.4. The molecule has 0 aromatic heterocycles. The van der Waals surface area contributed by atoms with Crippen LogP contribution < -0.4 is 5.32 Å². The summed E-state index contributed by atoms with van der Waals surface area (Å²) in [7, 11) is 0. The first-order valence-electron chi connectivity index (χ1n) is 5.81. The Morgan fingerprint density at radius 2 is 2.20 bits per heavy atom. The van der Waals surface area contributed by atoms with Crippen LogP contribution in [0, 0.1) is 16.7 Å². The molecule has 0 aromatic carbocycles. The highest BCUT2D eigenvalue weighted by atomic mass is 16.3. The second-order valence-corrected chi connectivity index (χ2v) is 6.20. The number of aliphatic hydroxyl groups is 1. The number of nitrogens with one attached hydrogen (secondary N) is 1. The van der Waals surface area contributed by atoms with Crippen molar-refractivity contribution >= 4 is 5.91 Å². The van der Waals surface area contributed by atoms with Crippen LogP contribution in [0.25, 0.3) is 0 Å². The van der Waals surface area contributed by atoms with Gasteiger partial charge in [0.15, 0.2) is 0 Å². The highest BCUT2D eigenvalue weighted by molar-refractivity contribution is 5.81. The van der Waals surface area contributed by atoms with E-state index in [1.165, 1.54) is 0 Å². The third-order valence-corrected chi connectivity index (χ3v) is 4.00. The van der Waals surface area contributed by atoms with Crippen LogP contribution in [-0.4, -0.2) is 23.7 Å². The largest absolute Gasteiger partial charge is 0.396 e.